The number of β-lactam (4-membered cyclic amide) rings is 1. The first-order chi connectivity index (χ1) is 19.4. The van der Waals surface area contributed by atoms with Gasteiger partial charge in [0.25, 0.3) is 5.91 Å². The largest absolute Gasteiger partial charge is 0.477 e. The predicted octanol–water partition coefficient (Wildman–Crippen LogP) is 3.02. The van der Waals surface area contributed by atoms with Crippen molar-refractivity contribution < 1.29 is 38.6 Å². The van der Waals surface area contributed by atoms with E-state index < -0.39 is 58.8 Å². The number of carboxylic acids is 1. The number of esters is 2. The van der Waals surface area contributed by atoms with Crippen molar-refractivity contribution in [2.75, 3.05) is 5.75 Å². The molecule has 3 unspecified atom stereocenters. The maximum atomic E-state index is 13.4. The Hall–Kier alpha value is -4.12. The van der Waals surface area contributed by atoms with Crippen molar-refractivity contribution in [2.24, 2.45) is 0 Å². The number of amides is 2. The van der Waals surface area contributed by atoms with Crippen LogP contribution in [0.1, 0.15) is 44.7 Å². The lowest BCUT2D eigenvalue weighted by Gasteiger charge is -2.50. The highest BCUT2D eigenvalue weighted by Gasteiger charge is 2.55. The van der Waals surface area contributed by atoms with Crippen LogP contribution in [0.5, 0.6) is 0 Å². The van der Waals surface area contributed by atoms with Gasteiger partial charge in [-0.2, -0.15) is 0 Å². The number of nitrogens with one attached hydrogen (secondary N) is 1. The maximum Gasteiger partial charge on any atom is 0.352 e. The van der Waals surface area contributed by atoms with Gasteiger partial charge in [-0.15, -0.1) is 11.8 Å². The minimum atomic E-state index is -1.34. The molecule has 0 aromatic heterocycles. The van der Waals surface area contributed by atoms with Gasteiger partial charge in [-0.1, -0.05) is 60.7 Å². The molecule has 2 aromatic carbocycles. The van der Waals surface area contributed by atoms with Crippen LogP contribution in [-0.4, -0.2) is 68.6 Å². The molecular formula is C30H32N2O8S. The highest BCUT2D eigenvalue weighted by molar-refractivity contribution is 8.00. The molecule has 2 amide bonds. The SMILES string of the molecule is CC(=O)OC(Cc1ccccc1)C1=C(C(=O)O)N2C(=O)C(NC(=O)C(C(=O)OC(C)(C)C)c3ccccc3)[C@H]2SC1. The van der Waals surface area contributed by atoms with Crippen LogP contribution in [0.2, 0.25) is 0 Å². The number of hydrogen-bond donors (Lipinski definition) is 2. The zero-order chi connectivity index (χ0) is 29.9. The van der Waals surface area contributed by atoms with Crippen molar-refractivity contribution in [3.8, 4) is 0 Å². The normalized spacial score (nSPS) is 19.8. The lowest BCUT2D eigenvalue weighted by molar-refractivity contribution is -0.160. The first-order valence-electron chi connectivity index (χ1n) is 13.1. The van der Waals surface area contributed by atoms with Crippen molar-refractivity contribution in [3.63, 3.8) is 0 Å². The van der Waals surface area contributed by atoms with Crippen LogP contribution < -0.4 is 5.32 Å². The summed E-state index contributed by atoms with van der Waals surface area (Å²) < 4.78 is 11.0. The molecular weight excluding hydrogens is 548 g/mol. The third-order valence-electron chi connectivity index (χ3n) is 6.50. The molecule has 0 radical (unpaired) electrons. The summed E-state index contributed by atoms with van der Waals surface area (Å²) in [6, 6.07) is 16.5. The molecule has 0 bridgehead atoms. The first kappa shape index (κ1) is 29.9. The van der Waals surface area contributed by atoms with E-state index in [0.29, 0.717) is 11.1 Å². The smallest absolute Gasteiger partial charge is 0.352 e. The van der Waals surface area contributed by atoms with E-state index >= 15 is 0 Å². The topological polar surface area (TPSA) is 139 Å². The summed E-state index contributed by atoms with van der Waals surface area (Å²) in [5.41, 5.74) is 0.419. The van der Waals surface area contributed by atoms with E-state index in [0.717, 1.165) is 10.5 Å². The second-order valence-corrected chi connectivity index (χ2v) is 11.8. The molecule has 4 rings (SSSR count). The van der Waals surface area contributed by atoms with Gasteiger partial charge in [0.05, 0.1) is 0 Å². The average molecular weight is 581 g/mol. The van der Waals surface area contributed by atoms with Crippen LogP contribution in [0.3, 0.4) is 0 Å². The van der Waals surface area contributed by atoms with E-state index in [1.807, 2.05) is 30.3 Å². The fourth-order valence-corrected chi connectivity index (χ4v) is 6.20. The summed E-state index contributed by atoms with van der Waals surface area (Å²) in [4.78, 5) is 65.3. The van der Waals surface area contributed by atoms with Crippen LogP contribution in [-0.2, 0) is 39.9 Å². The molecule has 0 aliphatic carbocycles. The first-order valence-corrected chi connectivity index (χ1v) is 14.1. The Kier molecular flexibility index (Phi) is 8.86. The van der Waals surface area contributed by atoms with Gasteiger partial charge in [0.15, 0.2) is 5.92 Å². The number of benzene rings is 2. The van der Waals surface area contributed by atoms with Gasteiger partial charge in [-0.05, 0) is 31.9 Å². The third-order valence-corrected chi connectivity index (χ3v) is 7.80. The lowest BCUT2D eigenvalue weighted by Crippen LogP contribution is -2.71. The number of hydrogen-bond acceptors (Lipinski definition) is 8. The van der Waals surface area contributed by atoms with Crippen LogP contribution in [0.25, 0.3) is 0 Å². The Morgan fingerprint density at radius 3 is 2.22 bits per heavy atom. The molecule has 1 fully saturated rings. The zero-order valence-electron chi connectivity index (χ0n) is 23.2. The number of carbonyl (C=O) groups is 5. The van der Waals surface area contributed by atoms with E-state index in [1.54, 1.807) is 51.1 Å². The van der Waals surface area contributed by atoms with Gasteiger partial charge in [0.1, 0.15) is 28.8 Å². The number of ether oxygens (including phenoxy) is 2. The number of thioether (sulfide) groups is 1. The van der Waals surface area contributed by atoms with E-state index in [1.165, 1.54) is 18.7 Å². The molecule has 0 saturated carbocycles. The van der Waals surface area contributed by atoms with E-state index in [-0.39, 0.29) is 17.9 Å². The summed E-state index contributed by atoms with van der Waals surface area (Å²) in [7, 11) is 0. The zero-order valence-corrected chi connectivity index (χ0v) is 24.0. The molecule has 216 valence electrons. The molecule has 2 N–H and O–H groups in total. The van der Waals surface area contributed by atoms with Gasteiger partial charge in [-0.25, -0.2) is 4.79 Å². The molecule has 2 heterocycles. The van der Waals surface area contributed by atoms with Crippen molar-refractivity contribution in [1.29, 1.82) is 0 Å². The Balaban J connectivity index is 1.59. The molecule has 2 aliphatic rings. The van der Waals surface area contributed by atoms with Crippen molar-refractivity contribution >= 4 is 41.5 Å². The summed E-state index contributed by atoms with van der Waals surface area (Å²) in [6.45, 7) is 6.31. The van der Waals surface area contributed by atoms with Gasteiger partial charge in [0, 0.05) is 24.7 Å². The molecule has 0 spiro atoms. The van der Waals surface area contributed by atoms with Crippen LogP contribution in [0.4, 0.5) is 0 Å². The van der Waals surface area contributed by atoms with E-state index in [4.69, 9.17) is 9.47 Å². The Morgan fingerprint density at radius 2 is 1.66 bits per heavy atom. The quantitative estimate of drug-likeness (QED) is 0.260. The number of rotatable bonds is 9. The summed E-state index contributed by atoms with van der Waals surface area (Å²) in [6.07, 6.45) is -0.667. The molecule has 2 aliphatic heterocycles. The third kappa shape index (κ3) is 6.79. The molecule has 1 saturated heterocycles. The number of carbonyl (C=O) groups excluding carboxylic acids is 4. The number of aliphatic carboxylic acids is 1. The fraction of sp³-hybridized carbons (Fsp3) is 0.367. The predicted molar refractivity (Wildman–Crippen MR) is 150 cm³/mol. The monoisotopic (exact) mass is 580 g/mol. The molecule has 10 nitrogen and oxygen atoms in total. The summed E-state index contributed by atoms with van der Waals surface area (Å²) in [5.74, 6) is -5.22. The highest BCUT2D eigenvalue weighted by Crippen LogP contribution is 2.42. The molecule has 2 aromatic rings. The average Bonchev–Trinajstić information content (AvgIpc) is 2.90. The van der Waals surface area contributed by atoms with Gasteiger partial charge in [-0.3, -0.25) is 24.1 Å². The van der Waals surface area contributed by atoms with Crippen LogP contribution >= 0.6 is 11.8 Å². The lowest BCUT2D eigenvalue weighted by atomic mass is 9.95. The highest BCUT2D eigenvalue weighted by atomic mass is 32.2. The van der Waals surface area contributed by atoms with Crippen LogP contribution in [0, 0.1) is 0 Å². The Labute approximate surface area is 242 Å². The second-order valence-electron chi connectivity index (χ2n) is 10.7. The fourth-order valence-electron chi connectivity index (χ4n) is 4.79. The Bertz CT molecular complexity index is 1370. The maximum absolute atomic E-state index is 13.4. The number of nitrogens with zero attached hydrogens (tertiary/aromatic N) is 1. The summed E-state index contributed by atoms with van der Waals surface area (Å²) >= 11 is 1.25. The minimum absolute atomic E-state index is 0.154. The van der Waals surface area contributed by atoms with E-state index in [2.05, 4.69) is 5.32 Å². The van der Waals surface area contributed by atoms with Gasteiger partial charge in [0.2, 0.25) is 5.91 Å². The molecule has 41 heavy (non-hydrogen) atoms. The summed E-state index contributed by atoms with van der Waals surface area (Å²) in [5, 5.41) is 12.1. The second kappa shape index (κ2) is 12.2. The van der Waals surface area contributed by atoms with Crippen molar-refractivity contribution in [3.05, 3.63) is 83.1 Å². The van der Waals surface area contributed by atoms with E-state index in [9.17, 15) is 29.1 Å². The van der Waals surface area contributed by atoms with Crippen molar-refractivity contribution in [2.45, 2.75) is 63.2 Å². The van der Waals surface area contributed by atoms with Gasteiger partial charge >= 0.3 is 17.9 Å². The minimum Gasteiger partial charge on any atom is -0.477 e. The Morgan fingerprint density at radius 1 is 1.05 bits per heavy atom. The number of fused-ring (bicyclic) bond motifs is 1. The number of carboxylic acid groups (broad SMARTS) is 1. The van der Waals surface area contributed by atoms with Crippen LogP contribution in [0.15, 0.2) is 71.9 Å². The van der Waals surface area contributed by atoms with Crippen molar-refractivity contribution in [1.82, 2.24) is 10.2 Å². The standard InChI is InChI=1S/C30H32N2O8S/c1-17(33)39-21(15-18-11-7-5-8-12-18)20-16-41-27-23(26(35)32(27)24(20)28(36)37)31-25(34)22(19-13-9-6-10-14-19)29(38)40-30(2,3)4/h5-14,21-23,27H,15-16H2,1-4H3,(H,31,34)(H,36,37)/t21?,22?,23?,27-/m1/s1. The molecule has 11 heteroatoms. The van der Waals surface area contributed by atoms with Gasteiger partial charge < -0.3 is 19.9 Å². The molecule has 4 atom stereocenters.